The van der Waals surface area contributed by atoms with Crippen LogP contribution in [0.2, 0.25) is 0 Å². The zero-order chi connectivity index (χ0) is 18.1. The average Bonchev–Trinajstić information content (AvgIpc) is 3.11. The third-order valence-electron chi connectivity index (χ3n) is 5.51. The summed E-state index contributed by atoms with van der Waals surface area (Å²) in [6.45, 7) is 1.47. The standard InChI is InChI=1S/C19H21FN4O2/c20-13-4-5-14-15(11-13)23-17(22-14)16-3-1-2-8-24(16)18(25)19(12-21)6-9-26-10-7-19/h4-5,11,16H,1-3,6-10H2,(H,22,23). The molecule has 7 heteroatoms. The Balaban J connectivity index is 1.67. The van der Waals surface area contributed by atoms with Gasteiger partial charge in [0.2, 0.25) is 5.91 Å². The molecule has 6 nitrogen and oxygen atoms in total. The molecule has 2 aliphatic heterocycles. The lowest BCUT2D eigenvalue weighted by Crippen LogP contribution is -2.49. The zero-order valence-corrected chi connectivity index (χ0v) is 14.5. The fourth-order valence-electron chi connectivity index (χ4n) is 3.99. The van der Waals surface area contributed by atoms with E-state index < -0.39 is 5.41 Å². The van der Waals surface area contributed by atoms with E-state index in [1.165, 1.54) is 12.1 Å². The van der Waals surface area contributed by atoms with Crippen LogP contribution in [0.25, 0.3) is 11.0 Å². The zero-order valence-electron chi connectivity index (χ0n) is 14.5. The number of rotatable bonds is 2. The summed E-state index contributed by atoms with van der Waals surface area (Å²) in [5.41, 5.74) is 0.297. The van der Waals surface area contributed by atoms with Crippen molar-refractivity contribution in [1.29, 1.82) is 5.26 Å². The molecule has 26 heavy (non-hydrogen) atoms. The molecule has 136 valence electrons. The number of halogens is 1. The van der Waals surface area contributed by atoms with E-state index in [2.05, 4.69) is 16.0 Å². The maximum atomic E-state index is 13.5. The number of aromatic nitrogens is 2. The third-order valence-corrected chi connectivity index (χ3v) is 5.51. The molecule has 0 saturated carbocycles. The van der Waals surface area contributed by atoms with Gasteiger partial charge in [0.15, 0.2) is 0 Å². The summed E-state index contributed by atoms with van der Waals surface area (Å²) >= 11 is 0. The molecule has 1 N–H and O–H groups in total. The molecule has 2 aliphatic rings. The number of ether oxygens (including phenoxy) is 1. The van der Waals surface area contributed by atoms with E-state index in [9.17, 15) is 14.4 Å². The molecule has 1 amide bonds. The van der Waals surface area contributed by atoms with Crippen molar-refractivity contribution in [2.24, 2.45) is 5.41 Å². The summed E-state index contributed by atoms with van der Waals surface area (Å²) in [6.07, 6.45) is 3.54. The largest absolute Gasteiger partial charge is 0.381 e. The van der Waals surface area contributed by atoms with Gasteiger partial charge in [0.1, 0.15) is 17.1 Å². The number of aromatic amines is 1. The van der Waals surface area contributed by atoms with Crippen molar-refractivity contribution >= 4 is 16.9 Å². The Bertz CT molecular complexity index is 866. The van der Waals surface area contributed by atoms with Gasteiger partial charge in [-0.1, -0.05) is 0 Å². The summed E-state index contributed by atoms with van der Waals surface area (Å²) < 4.78 is 18.8. The van der Waals surface area contributed by atoms with E-state index in [-0.39, 0.29) is 17.8 Å². The minimum atomic E-state index is -1.01. The first kappa shape index (κ1) is 17.0. The van der Waals surface area contributed by atoms with Crippen LogP contribution in [0.3, 0.4) is 0 Å². The molecule has 1 atom stereocenters. The Morgan fingerprint density at radius 1 is 1.38 bits per heavy atom. The van der Waals surface area contributed by atoms with Gasteiger partial charge in [0.25, 0.3) is 0 Å². The molecule has 3 heterocycles. The SMILES string of the molecule is N#CC1(C(=O)N2CCCCC2c2nc3ccc(F)cc3[nH]2)CCOCC1. The molecule has 1 aromatic heterocycles. The second kappa shape index (κ2) is 6.69. The van der Waals surface area contributed by atoms with Crippen LogP contribution in [0.1, 0.15) is 44.0 Å². The number of benzene rings is 1. The lowest BCUT2D eigenvalue weighted by molar-refractivity contribution is -0.147. The maximum Gasteiger partial charge on any atom is 0.243 e. The quantitative estimate of drug-likeness (QED) is 0.896. The predicted octanol–water partition coefficient (Wildman–Crippen LogP) is 3.08. The highest BCUT2D eigenvalue weighted by atomic mass is 19.1. The molecule has 0 aliphatic carbocycles. The van der Waals surface area contributed by atoms with Crippen molar-refractivity contribution < 1.29 is 13.9 Å². The van der Waals surface area contributed by atoms with Crippen molar-refractivity contribution in [3.63, 3.8) is 0 Å². The van der Waals surface area contributed by atoms with E-state index in [0.29, 0.717) is 49.5 Å². The van der Waals surface area contributed by atoms with Gasteiger partial charge in [0, 0.05) is 19.8 Å². The Morgan fingerprint density at radius 3 is 2.96 bits per heavy atom. The smallest absolute Gasteiger partial charge is 0.243 e. The highest BCUT2D eigenvalue weighted by Crippen LogP contribution is 2.38. The van der Waals surface area contributed by atoms with Gasteiger partial charge < -0.3 is 14.6 Å². The van der Waals surface area contributed by atoms with E-state index in [0.717, 1.165) is 19.3 Å². The normalized spacial score (nSPS) is 22.9. The van der Waals surface area contributed by atoms with Gasteiger partial charge in [-0.05, 0) is 50.3 Å². The molecule has 0 spiro atoms. The van der Waals surface area contributed by atoms with Crippen LogP contribution in [0, 0.1) is 22.6 Å². The topological polar surface area (TPSA) is 82.0 Å². The molecule has 2 fully saturated rings. The van der Waals surface area contributed by atoms with Crippen LogP contribution >= 0.6 is 0 Å². The van der Waals surface area contributed by atoms with E-state index in [1.54, 1.807) is 11.0 Å². The summed E-state index contributed by atoms with van der Waals surface area (Å²) in [5.74, 6) is 0.216. The Hall–Kier alpha value is -2.46. The van der Waals surface area contributed by atoms with Crippen LogP contribution in [0.4, 0.5) is 4.39 Å². The van der Waals surface area contributed by atoms with Gasteiger partial charge in [-0.15, -0.1) is 0 Å². The van der Waals surface area contributed by atoms with E-state index in [1.807, 2.05) is 0 Å². The molecule has 2 aromatic rings. The molecule has 0 radical (unpaired) electrons. The lowest BCUT2D eigenvalue weighted by atomic mass is 9.79. The van der Waals surface area contributed by atoms with Gasteiger partial charge in [0.05, 0.1) is 23.1 Å². The molecular weight excluding hydrogens is 335 g/mol. The van der Waals surface area contributed by atoms with Gasteiger partial charge in [-0.2, -0.15) is 5.26 Å². The number of likely N-dealkylation sites (tertiary alicyclic amines) is 1. The molecule has 1 aromatic carbocycles. The number of piperidine rings is 1. The highest BCUT2D eigenvalue weighted by Gasteiger charge is 2.45. The summed E-state index contributed by atoms with van der Waals surface area (Å²) in [7, 11) is 0. The number of nitrogens with one attached hydrogen (secondary N) is 1. The van der Waals surface area contributed by atoms with E-state index >= 15 is 0 Å². The maximum absolute atomic E-state index is 13.5. The van der Waals surface area contributed by atoms with Gasteiger partial charge in [-0.3, -0.25) is 4.79 Å². The second-order valence-electron chi connectivity index (χ2n) is 7.10. The van der Waals surface area contributed by atoms with Gasteiger partial charge >= 0.3 is 0 Å². The number of carbonyl (C=O) groups excluding carboxylic acids is 1. The highest BCUT2D eigenvalue weighted by molar-refractivity contribution is 5.86. The van der Waals surface area contributed by atoms with Gasteiger partial charge in [-0.25, -0.2) is 9.37 Å². The van der Waals surface area contributed by atoms with Crippen LogP contribution < -0.4 is 0 Å². The fourth-order valence-corrected chi connectivity index (χ4v) is 3.99. The van der Waals surface area contributed by atoms with Crippen molar-refractivity contribution in [1.82, 2.24) is 14.9 Å². The number of hydrogen-bond donors (Lipinski definition) is 1. The first-order valence-electron chi connectivity index (χ1n) is 9.08. The number of amides is 1. The minimum absolute atomic E-state index is 0.125. The monoisotopic (exact) mass is 356 g/mol. The van der Waals surface area contributed by atoms with Crippen molar-refractivity contribution in [2.45, 2.75) is 38.1 Å². The Kier molecular flexibility index (Phi) is 4.37. The number of carbonyl (C=O) groups is 1. The number of fused-ring (bicyclic) bond motifs is 1. The average molecular weight is 356 g/mol. The number of nitriles is 1. The third kappa shape index (κ3) is 2.84. The Labute approximate surface area is 151 Å². The van der Waals surface area contributed by atoms with Crippen LogP contribution in [-0.2, 0) is 9.53 Å². The summed E-state index contributed by atoms with van der Waals surface area (Å²) in [4.78, 5) is 22.9. The molecule has 2 saturated heterocycles. The number of nitrogens with zero attached hydrogens (tertiary/aromatic N) is 3. The summed E-state index contributed by atoms with van der Waals surface area (Å²) in [6, 6.07) is 6.49. The predicted molar refractivity (Wildman–Crippen MR) is 92.5 cm³/mol. The molecule has 4 rings (SSSR count). The number of H-pyrrole nitrogens is 1. The minimum Gasteiger partial charge on any atom is -0.381 e. The molecular formula is C19H21FN4O2. The Morgan fingerprint density at radius 2 is 2.19 bits per heavy atom. The van der Waals surface area contributed by atoms with Crippen molar-refractivity contribution in [2.75, 3.05) is 19.8 Å². The molecule has 1 unspecified atom stereocenters. The van der Waals surface area contributed by atoms with Crippen LogP contribution in [0.15, 0.2) is 18.2 Å². The second-order valence-corrected chi connectivity index (χ2v) is 7.10. The number of imidazole rings is 1. The first-order chi connectivity index (χ1) is 12.6. The summed E-state index contributed by atoms with van der Waals surface area (Å²) in [5, 5.41) is 9.73. The van der Waals surface area contributed by atoms with Crippen LogP contribution in [-0.4, -0.2) is 40.5 Å². The first-order valence-corrected chi connectivity index (χ1v) is 9.08. The van der Waals surface area contributed by atoms with Crippen molar-refractivity contribution in [3.05, 3.63) is 29.8 Å². The van der Waals surface area contributed by atoms with E-state index in [4.69, 9.17) is 4.74 Å². The van der Waals surface area contributed by atoms with Crippen molar-refractivity contribution in [3.8, 4) is 6.07 Å². The lowest BCUT2D eigenvalue weighted by Gasteiger charge is -2.40. The number of hydrogen-bond acceptors (Lipinski definition) is 4. The molecule has 0 bridgehead atoms. The van der Waals surface area contributed by atoms with Crippen LogP contribution in [0.5, 0.6) is 0 Å². The fraction of sp³-hybridized carbons (Fsp3) is 0.526.